The number of amides is 1. The van der Waals surface area contributed by atoms with Crippen molar-refractivity contribution in [3.05, 3.63) is 66.7 Å². The van der Waals surface area contributed by atoms with E-state index in [4.69, 9.17) is 4.74 Å². The summed E-state index contributed by atoms with van der Waals surface area (Å²) in [4.78, 5) is 12.7. The van der Waals surface area contributed by atoms with Gasteiger partial charge >= 0.3 is 0 Å². The van der Waals surface area contributed by atoms with Gasteiger partial charge in [-0.15, -0.1) is 6.58 Å². The predicted molar refractivity (Wildman–Crippen MR) is 116 cm³/mol. The van der Waals surface area contributed by atoms with E-state index in [2.05, 4.69) is 16.6 Å². The van der Waals surface area contributed by atoms with Crippen molar-refractivity contribution in [1.29, 1.82) is 0 Å². The Morgan fingerprint density at radius 3 is 2.35 bits per heavy atom. The second-order valence-electron chi connectivity index (χ2n) is 6.66. The van der Waals surface area contributed by atoms with Crippen molar-refractivity contribution in [3.8, 4) is 0 Å². The summed E-state index contributed by atoms with van der Waals surface area (Å²) in [6.45, 7) is 4.74. The maximum absolute atomic E-state index is 12.8. The Kier molecular flexibility index (Phi) is 7.23. The van der Waals surface area contributed by atoms with Crippen molar-refractivity contribution in [1.82, 2.24) is 9.03 Å². The van der Waals surface area contributed by atoms with E-state index in [-0.39, 0.29) is 35.0 Å². The standard InChI is InChI=1S/C20H23N3O6S2/c1-2-10-21-30(25,26)18-8-6-17(7-9-18)22-20(24)16-4-3-5-19(15-16)31(27,28)23-11-13-29-14-12-23/h2-9,15,21H,1,10-14H2,(H,22,24). The number of carbonyl (C=O) groups is 1. The van der Waals surface area contributed by atoms with Crippen LogP contribution < -0.4 is 10.0 Å². The molecule has 0 atom stereocenters. The lowest BCUT2D eigenvalue weighted by Gasteiger charge is -2.26. The number of nitrogens with zero attached hydrogens (tertiary/aromatic N) is 1. The molecule has 2 aromatic rings. The number of sulfonamides is 2. The first-order valence-electron chi connectivity index (χ1n) is 9.44. The molecule has 0 unspecified atom stereocenters. The molecule has 11 heteroatoms. The number of hydrogen-bond acceptors (Lipinski definition) is 6. The quantitative estimate of drug-likeness (QED) is 0.569. The minimum absolute atomic E-state index is 0.0248. The van der Waals surface area contributed by atoms with Crippen molar-refractivity contribution in [3.63, 3.8) is 0 Å². The van der Waals surface area contributed by atoms with Crippen molar-refractivity contribution in [2.45, 2.75) is 9.79 Å². The molecule has 166 valence electrons. The van der Waals surface area contributed by atoms with Gasteiger partial charge in [-0.25, -0.2) is 21.6 Å². The van der Waals surface area contributed by atoms with Crippen LogP contribution >= 0.6 is 0 Å². The van der Waals surface area contributed by atoms with Gasteiger partial charge < -0.3 is 10.1 Å². The first kappa shape index (κ1) is 23.1. The van der Waals surface area contributed by atoms with Crippen LogP contribution in [0, 0.1) is 0 Å². The zero-order valence-corrected chi connectivity index (χ0v) is 18.3. The van der Waals surface area contributed by atoms with Gasteiger partial charge in [-0.05, 0) is 42.5 Å². The average Bonchev–Trinajstić information content (AvgIpc) is 2.79. The Morgan fingerprint density at radius 1 is 1.03 bits per heavy atom. The van der Waals surface area contributed by atoms with E-state index >= 15 is 0 Å². The number of ether oxygens (including phenoxy) is 1. The third-order valence-corrected chi connectivity index (χ3v) is 7.88. The zero-order chi connectivity index (χ0) is 22.5. The van der Waals surface area contributed by atoms with Crippen LogP contribution in [0.5, 0.6) is 0 Å². The van der Waals surface area contributed by atoms with Gasteiger partial charge in [0.2, 0.25) is 20.0 Å². The molecule has 0 saturated carbocycles. The fourth-order valence-electron chi connectivity index (χ4n) is 2.91. The van der Waals surface area contributed by atoms with E-state index in [1.807, 2.05) is 0 Å². The Morgan fingerprint density at radius 2 is 1.71 bits per heavy atom. The van der Waals surface area contributed by atoms with Crippen molar-refractivity contribution >= 4 is 31.6 Å². The largest absolute Gasteiger partial charge is 0.379 e. The smallest absolute Gasteiger partial charge is 0.255 e. The van der Waals surface area contributed by atoms with Crippen LogP contribution in [0.15, 0.2) is 71.0 Å². The lowest BCUT2D eigenvalue weighted by atomic mass is 10.2. The maximum Gasteiger partial charge on any atom is 0.255 e. The van der Waals surface area contributed by atoms with E-state index in [1.165, 1.54) is 58.9 Å². The van der Waals surface area contributed by atoms with Gasteiger partial charge in [-0.1, -0.05) is 12.1 Å². The molecule has 0 radical (unpaired) electrons. The highest BCUT2D eigenvalue weighted by molar-refractivity contribution is 7.89. The van der Waals surface area contributed by atoms with Crippen LogP contribution in [0.2, 0.25) is 0 Å². The van der Waals surface area contributed by atoms with E-state index in [0.29, 0.717) is 18.9 Å². The van der Waals surface area contributed by atoms with Gasteiger partial charge in [-0.3, -0.25) is 4.79 Å². The van der Waals surface area contributed by atoms with Crippen LogP contribution in [-0.2, 0) is 24.8 Å². The molecule has 0 aliphatic carbocycles. The lowest BCUT2D eigenvalue weighted by molar-refractivity contribution is 0.0730. The molecule has 1 fully saturated rings. The molecule has 1 amide bonds. The van der Waals surface area contributed by atoms with Crippen LogP contribution in [0.3, 0.4) is 0 Å². The first-order chi connectivity index (χ1) is 14.7. The third kappa shape index (κ3) is 5.57. The summed E-state index contributed by atoms with van der Waals surface area (Å²) in [5.74, 6) is -0.514. The SMILES string of the molecule is C=CCNS(=O)(=O)c1ccc(NC(=O)c2cccc(S(=O)(=O)N3CCOCC3)c2)cc1. The molecule has 1 heterocycles. The minimum Gasteiger partial charge on any atom is -0.379 e. The molecular weight excluding hydrogens is 442 g/mol. The Labute approximate surface area is 181 Å². The number of nitrogens with one attached hydrogen (secondary N) is 2. The molecular formula is C20H23N3O6S2. The molecule has 31 heavy (non-hydrogen) atoms. The monoisotopic (exact) mass is 465 g/mol. The highest BCUT2D eigenvalue weighted by Gasteiger charge is 2.27. The third-order valence-electron chi connectivity index (χ3n) is 4.54. The second-order valence-corrected chi connectivity index (χ2v) is 10.4. The summed E-state index contributed by atoms with van der Waals surface area (Å²) in [5.41, 5.74) is 0.535. The molecule has 1 aliphatic heterocycles. The zero-order valence-electron chi connectivity index (χ0n) is 16.7. The molecule has 2 aromatic carbocycles. The van der Waals surface area contributed by atoms with Crippen molar-refractivity contribution in [2.24, 2.45) is 0 Å². The van der Waals surface area contributed by atoms with Crippen molar-refractivity contribution in [2.75, 3.05) is 38.2 Å². The number of rotatable bonds is 8. The molecule has 0 aromatic heterocycles. The summed E-state index contributed by atoms with van der Waals surface area (Å²) in [6, 6.07) is 11.4. The topological polar surface area (TPSA) is 122 Å². The number of benzene rings is 2. The summed E-state index contributed by atoms with van der Waals surface area (Å²) in [6.07, 6.45) is 1.43. The highest BCUT2D eigenvalue weighted by atomic mass is 32.2. The summed E-state index contributed by atoms with van der Waals surface area (Å²) in [7, 11) is -7.39. The Bertz CT molecular complexity index is 1160. The number of carbonyl (C=O) groups excluding carboxylic acids is 1. The van der Waals surface area contributed by atoms with Gasteiger partial charge in [0.25, 0.3) is 5.91 Å². The van der Waals surface area contributed by atoms with Gasteiger partial charge in [0.15, 0.2) is 0 Å². The summed E-state index contributed by atoms with van der Waals surface area (Å²) in [5, 5.41) is 2.64. The molecule has 0 spiro atoms. The van der Waals surface area contributed by atoms with Crippen LogP contribution in [0.1, 0.15) is 10.4 Å². The predicted octanol–water partition coefficient (Wildman–Crippen LogP) is 1.42. The summed E-state index contributed by atoms with van der Waals surface area (Å²) < 4.78 is 58.7. The van der Waals surface area contributed by atoms with E-state index in [0.717, 1.165) is 0 Å². The highest BCUT2D eigenvalue weighted by Crippen LogP contribution is 2.20. The number of hydrogen-bond donors (Lipinski definition) is 2. The molecule has 9 nitrogen and oxygen atoms in total. The van der Waals surface area contributed by atoms with E-state index in [9.17, 15) is 21.6 Å². The van der Waals surface area contributed by atoms with E-state index < -0.39 is 26.0 Å². The van der Waals surface area contributed by atoms with Gasteiger partial charge in [0, 0.05) is 30.9 Å². The van der Waals surface area contributed by atoms with Crippen molar-refractivity contribution < 1.29 is 26.4 Å². The molecule has 0 bridgehead atoms. The van der Waals surface area contributed by atoms with Crippen LogP contribution in [0.25, 0.3) is 0 Å². The lowest BCUT2D eigenvalue weighted by Crippen LogP contribution is -2.40. The molecule has 3 rings (SSSR count). The van der Waals surface area contributed by atoms with Gasteiger partial charge in [0.1, 0.15) is 0 Å². The first-order valence-corrected chi connectivity index (χ1v) is 12.4. The maximum atomic E-state index is 12.8. The Hall–Kier alpha value is -2.57. The fourth-order valence-corrected chi connectivity index (χ4v) is 5.36. The molecule has 1 saturated heterocycles. The van der Waals surface area contributed by atoms with Crippen LogP contribution in [-0.4, -0.2) is 59.9 Å². The minimum atomic E-state index is -3.73. The summed E-state index contributed by atoms with van der Waals surface area (Å²) >= 11 is 0. The second kappa shape index (κ2) is 9.71. The molecule has 1 aliphatic rings. The van der Waals surface area contributed by atoms with E-state index in [1.54, 1.807) is 0 Å². The number of morpholine rings is 1. The van der Waals surface area contributed by atoms with Gasteiger partial charge in [0.05, 0.1) is 23.0 Å². The molecule has 2 N–H and O–H groups in total. The Balaban J connectivity index is 1.74. The normalized spacial score (nSPS) is 15.4. The average molecular weight is 466 g/mol. The van der Waals surface area contributed by atoms with Crippen LogP contribution in [0.4, 0.5) is 5.69 Å². The fraction of sp³-hybridized carbons (Fsp3) is 0.250. The number of anilines is 1. The van der Waals surface area contributed by atoms with Gasteiger partial charge in [-0.2, -0.15) is 4.31 Å².